The molecule has 2 amide bonds. The van der Waals surface area contributed by atoms with Crippen LogP contribution in [0.5, 0.6) is 0 Å². The number of nitrogens with zero attached hydrogens (tertiary/aromatic N) is 2. The van der Waals surface area contributed by atoms with Crippen LogP contribution in [0.25, 0.3) is 0 Å². The molecule has 7 nitrogen and oxygen atoms in total. The number of carbonyl (C=O) groups is 2. The summed E-state index contributed by atoms with van der Waals surface area (Å²) in [6, 6.07) is 10.1. The molecule has 0 saturated heterocycles. The first-order valence-corrected chi connectivity index (χ1v) is 12.1. The highest BCUT2D eigenvalue weighted by atomic mass is 32.2. The molecule has 9 heteroatoms. The fourth-order valence-corrected chi connectivity index (χ4v) is 4.46. The number of likely N-dealkylation sites (N-methyl/N-ethyl adjacent to an activating group) is 1. The van der Waals surface area contributed by atoms with Gasteiger partial charge in [0.25, 0.3) is 0 Å². The summed E-state index contributed by atoms with van der Waals surface area (Å²) in [5.41, 5.74) is 2.71. The second-order valence-electron chi connectivity index (χ2n) is 7.75. The second-order valence-corrected chi connectivity index (χ2v) is 9.65. The zero-order valence-corrected chi connectivity index (χ0v) is 19.9. The van der Waals surface area contributed by atoms with Crippen molar-refractivity contribution in [2.75, 3.05) is 24.2 Å². The van der Waals surface area contributed by atoms with Gasteiger partial charge in [0.1, 0.15) is 18.4 Å². The molecule has 2 rings (SSSR count). The summed E-state index contributed by atoms with van der Waals surface area (Å²) in [5.74, 6) is -1.31. The number of benzene rings is 2. The van der Waals surface area contributed by atoms with Crippen molar-refractivity contribution in [1.82, 2.24) is 10.2 Å². The Labute approximate surface area is 189 Å². The zero-order chi connectivity index (χ0) is 24.1. The average Bonchev–Trinajstić information content (AvgIpc) is 2.72. The maximum atomic E-state index is 13.4. The fraction of sp³-hybridized carbons (Fsp3) is 0.391. The molecule has 0 bridgehead atoms. The highest BCUT2D eigenvalue weighted by molar-refractivity contribution is 7.92. The Morgan fingerprint density at radius 1 is 1.09 bits per heavy atom. The Balaban J connectivity index is 2.45. The maximum absolute atomic E-state index is 13.4. The molecular formula is C23H30FN3O4S. The molecule has 0 fully saturated rings. The van der Waals surface area contributed by atoms with Crippen LogP contribution in [0.4, 0.5) is 10.1 Å². The molecule has 174 valence electrons. The van der Waals surface area contributed by atoms with Crippen LogP contribution in [0.3, 0.4) is 0 Å². The molecule has 0 spiro atoms. The van der Waals surface area contributed by atoms with Crippen LogP contribution in [0.15, 0.2) is 42.5 Å². The zero-order valence-electron chi connectivity index (χ0n) is 19.1. The summed E-state index contributed by atoms with van der Waals surface area (Å²) in [4.78, 5) is 27.2. The molecule has 1 atom stereocenters. The number of anilines is 1. The van der Waals surface area contributed by atoms with Gasteiger partial charge in [-0.15, -0.1) is 0 Å². The van der Waals surface area contributed by atoms with Crippen LogP contribution in [0.1, 0.15) is 30.0 Å². The number of hydrogen-bond donors (Lipinski definition) is 1. The Morgan fingerprint density at radius 3 is 2.22 bits per heavy atom. The minimum atomic E-state index is -3.78. The van der Waals surface area contributed by atoms with Gasteiger partial charge in [0.05, 0.1) is 11.9 Å². The number of aryl methyl sites for hydroxylation is 2. The van der Waals surface area contributed by atoms with Crippen molar-refractivity contribution < 1.29 is 22.4 Å². The topological polar surface area (TPSA) is 86.8 Å². The van der Waals surface area contributed by atoms with Gasteiger partial charge in [0.15, 0.2) is 0 Å². The van der Waals surface area contributed by atoms with Gasteiger partial charge in [0, 0.05) is 13.6 Å². The van der Waals surface area contributed by atoms with Crippen molar-refractivity contribution in [3.63, 3.8) is 0 Å². The summed E-state index contributed by atoms with van der Waals surface area (Å²) in [6.07, 6.45) is 1.37. The van der Waals surface area contributed by atoms with E-state index in [-0.39, 0.29) is 12.5 Å². The fourth-order valence-electron chi connectivity index (χ4n) is 3.55. The van der Waals surface area contributed by atoms with Crippen molar-refractivity contribution in [1.29, 1.82) is 0 Å². The number of sulfonamides is 1. The van der Waals surface area contributed by atoms with Crippen LogP contribution >= 0.6 is 0 Å². The Kier molecular flexibility index (Phi) is 8.38. The van der Waals surface area contributed by atoms with Crippen molar-refractivity contribution in [2.45, 2.75) is 39.8 Å². The van der Waals surface area contributed by atoms with Crippen molar-refractivity contribution in [3.8, 4) is 0 Å². The number of amides is 2. The second kappa shape index (κ2) is 10.6. The SMILES string of the molecule is CC[C@@H](C(=O)NC)N(Cc1ccc(F)cc1)C(=O)CN(c1ccc(C)cc1C)S(C)(=O)=O. The van der Waals surface area contributed by atoms with Gasteiger partial charge >= 0.3 is 0 Å². The molecule has 0 aromatic heterocycles. The third kappa shape index (κ3) is 6.29. The first-order valence-electron chi connectivity index (χ1n) is 10.3. The molecule has 0 unspecified atom stereocenters. The van der Waals surface area contributed by atoms with Gasteiger partial charge < -0.3 is 10.2 Å². The van der Waals surface area contributed by atoms with Gasteiger partial charge in [-0.25, -0.2) is 12.8 Å². The minimum absolute atomic E-state index is 0.0372. The summed E-state index contributed by atoms with van der Waals surface area (Å²) in [7, 11) is -2.31. The first kappa shape index (κ1) is 25.3. The smallest absolute Gasteiger partial charge is 0.244 e. The van der Waals surface area contributed by atoms with Gasteiger partial charge in [-0.3, -0.25) is 13.9 Å². The number of carbonyl (C=O) groups excluding carboxylic acids is 2. The first-order chi connectivity index (χ1) is 15.0. The third-order valence-electron chi connectivity index (χ3n) is 5.20. The molecule has 0 radical (unpaired) electrons. The molecule has 0 heterocycles. The van der Waals surface area contributed by atoms with E-state index in [0.717, 1.165) is 16.1 Å². The largest absolute Gasteiger partial charge is 0.357 e. The summed E-state index contributed by atoms with van der Waals surface area (Å²) >= 11 is 0. The molecule has 2 aromatic rings. The van der Waals surface area contributed by atoms with E-state index in [1.807, 2.05) is 13.0 Å². The molecular weight excluding hydrogens is 433 g/mol. The minimum Gasteiger partial charge on any atom is -0.357 e. The lowest BCUT2D eigenvalue weighted by Gasteiger charge is -2.33. The monoisotopic (exact) mass is 463 g/mol. The van der Waals surface area contributed by atoms with Crippen LogP contribution in [-0.2, 0) is 26.2 Å². The summed E-state index contributed by atoms with van der Waals surface area (Å²) in [5, 5.41) is 2.55. The van der Waals surface area contributed by atoms with Crippen LogP contribution in [0.2, 0.25) is 0 Å². The van der Waals surface area contributed by atoms with E-state index in [1.165, 1.54) is 36.2 Å². The molecule has 0 aliphatic heterocycles. The predicted molar refractivity (Wildman–Crippen MR) is 123 cm³/mol. The number of nitrogens with one attached hydrogen (secondary N) is 1. The number of halogens is 1. The number of hydrogen-bond acceptors (Lipinski definition) is 4. The lowest BCUT2D eigenvalue weighted by molar-refractivity contribution is -0.140. The molecule has 0 aliphatic carbocycles. The van der Waals surface area contributed by atoms with Crippen molar-refractivity contribution in [3.05, 3.63) is 65.0 Å². The predicted octanol–water partition coefficient (Wildman–Crippen LogP) is 2.76. The van der Waals surface area contributed by atoms with Gasteiger partial charge in [-0.05, 0) is 49.6 Å². The van der Waals surface area contributed by atoms with Crippen LogP contribution in [0, 0.1) is 19.7 Å². The van der Waals surface area contributed by atoms with Crippen LogP contribution < -0.4 is 9.62 Å². The van der Waals surface area contributed by atoms with Crippen molar-refractivity contribution >= 4 is 27.5 Å². The van der Waals surface area contributed by atoms with Gasteiger partial charge in [-0.2, -0.15) is 0 Å². The molecule has 32 heavy (non-hydrogen) atoms. The molecule has 0 saturated carbocycles. The summed E-state index contributed by atoms with van der Waals surface area (Å²) in [6.45, 7) is 5.02. The van der Waals surface area contributed by atoms with Gasteiger partial charge in [-0.1, -0.05) is 36.8 Å². The standard InChI is InChI=1S/C23H30FN3O4S/c1-6-20(23(29)25-4)26(14-18-8-10-19(24)11-9-18)22(28)15-27(32(5,30)31)21-12-7-16(2)13-17(21)3/h7-13,20H,6,14-15H2,1-5H3,(H,25,29)/t20-/m0/s1. The van der Waals surface area contributed by atoms with Gasteiger partial charge in [0.2, 0.25) is 21.8 Å². The van der Waals surface area contributed by atoms with E-state index in [1.54, 1.807) is 26.0 Å². The van der Waals surface area contributed by atoms with Crippen LogP contribution in [-0.4, -0.2) is 51.0 Å². The van der Waals surface area contributed by atoms with E-state index in [4.69, 9.17) is 0 Å². The average molecular weight is 464 g/mol. The van der Waals surface area contributed by atoms with E-state index >= 15 is 0 Å². The highest BCUT2D eigenvalue weighted by Gasteiger charge is 2.31. The highest BCUT2D eigenvalue weighted by Crippen LogP contribution is 2.24. The van der Waals surface area contributed by atoms with E-state index in [2.05, 4.69) is 5.32 Å². The van der Waals surface area contributed by atoms with E-state index in [9.17, 15) is 22.4 Å². The lowest BCUT2D eigenvalue weighted by Crippen LogP contribution is -2.51. The quantitative estimate of drug-likeness (QED) is 0.620. The lowest BCUT2D eigenvalue weighted by atomic mass is 10.1. The Hall–Kier alpha value is -2.94. The molecule has 1 N–H and O–H groups in total. The normalized spacial score (nSPS) is 12.2. The van der Waals surface area contributed by atoms with E-state index in [0.29, 0.717) is 23.2 Å². The van der Waals surface area contributed by atoms with E-state index < -0.39 is 34.3 Å². The maximum Gasteiger partial charge on any atom is 0.244 e. The van der Waals surface area contributed by atoms with Crippen molar-refractivity contribution in [2.24, 2.45) is 0 Å². The summed E-state index contributed by atoms with van der Waals surface area (Å²) < 4.78 is 39.6. The molecule has 0 aliphatic rings. The third-order valence-corrected chi connectivity index (χ3v) is 6.33. The number of rotatable bonds is 9. The Bertz CT molecular complexity index is 1070. The Morgan fingerprint density at radius 2 is 1.72 bits per heavy atom. The molecule has 2 aromatic carbocycles.